The number of rotatable bonds is 3. The number of halogens is 1. The summed E-state index contributed by atoms with van der Waals surface area (Å²) in [6.45, 7) is 0. The lowest BCUT2D eigenvalue weighted by Crippen LogP contribution is -1.96. The topological polar surface area (TPSA) is 52.3 Å². The molecule has 0 spiro atoms. The first-order chi connectivity index (χ1) is 11.3. The van der Waals surface area contributed by atoms with Gasteiger partial charge in [-0.1, -0.05) is 48.5 Å². The van der Waals surface area contributed by atoms with Crippen molar-refractivity contribution < 1.29 is 4.74 Å². The van der Waals surface area contributed by atoms with Gasteiger partial charge in [-0.3, -0.25) is 0 Å². The van der Waals surface area contributed by atoms with Crippen LogP contribution in [0.25, 0.3) is 16.8 Å². The summed E-state index contributed by atoms with van der Waals surface area (Å²) >= 11 is 5.95. The van der Waals surface area contributed by atoms with E-state index in [2.05, 4.69) is 15.3 Å². The molecule has 0 unspecified atom stereocenters. The summed E-state index contributed by atoms with van der Waals surface area (Å²) in [5, 5.41) is 12.2. The van der Waals surface area contributed by atoms with E-state index >= 15 is 0 Å². The van der Waals surface area contributed by atoms with Crippen LogP contribution < -0.4 is 4.74 Å². The van der Waals surface area contributed by atoms with E-state index in [9.17, 15) is 0 Å². The SMILES string of the molecule is Clc1nnc2ccc(Oc3ccccc3-c3ccccc3)nn12. The van der Waals surface area contributed by atoms with Crippen LogP contribution in [-0.4, -0.2) is 19.8 Å². The Kier molecular flexibility index (Phi) is 3.40. The highest BCUT2D eigenvalue weighted by Crippen LogP contribution is 2.32. The van der Waals surface area contributed by atoms with Crippen molar-refractivity contribution in [2.45, 2.75) is 0 Å². The fraction of sp³-hybridized carbons (Fsp3) is 0. The molecule has 0 aliphatic rings. The van der Waals surface area contributed by atoms with Crippen LogP contribution in [0.5, 0.6) is 11.6 Å². The van der Waals surface area contributed by atoms with Gasteiger partial charge in [0.15, 0.2) is 5.65 Å². The number of para-hydroxylation sites is 1. The highest BCUT2D eigenvalue weighted by molar-refractivity contribution is 6.28. The number of aromatic nitrogens is 4. The number of benzene rings is 2. The largest absolute Gasteiger partial charge is 0.437 e. The second-order valence-electron chi connectivity index (χ2n) is 4.87. The van der Waals surface area contributed by atoms with Gasteiger partial charge in [0.2, 0.25) is 11.2 Å². The molecule has 2 heterocycles. The molecule has 0 aliphatic carbocycles. The van der Waals surface area contributed by atoms with Crippen LogP contribution in [0, 0.1) is 0 Å². The summed E-state index contributed by atoms with van der Waals surface area (Å²) in [6.07, 6.45) is 0. The zero-order valence-electron chi connectivity index (χ0n) is 11.9. The maximum absolute atomic E-state index is 5.95. The summed E-state index contributed by atoms with van der Waals surface area (Å²) in [5.41, 5.74) is 2.63. The molecule has 112 valence electrons. The van der Waals surface area contributed by atoms with Crippen LogP contribution in [0.15, 0.2) is 66.7 Å². The van der Waals surface area contributed by atoms with Crippen molar-refractivity contribution in [2.75, 3.05) is 0 Å². The molecule has 0 atom stereocenters. The number of ether oxygens (including phenoxy) is 1. The third-order valence-electron chi connectivity index (χ3n) is 3.39. The van der Waals surface area contributed by atoms with Crippen molar-refractivity contribution in [1.29, 1.82) is 0 Å². The first-order valence-electron chi connectivity index (χ1n) is 7.01. The Morgan fingerprint density at radius 3 is 2.48 bits per heavy atom. The Bertz CT molecular complexity index is 969. The molecule has 0 fully saturated rings. The second kappa shape index (κ2) is 5.70. The molecule has 0 aliphatic heterocycles. The van der Waals surface area contributed by atoms with Gasteiger partial charge in [-0.05, 0) is 29.3 Å². The minimum Gasteiger partial charge on any atom is -0.437 e. The fourth-order valence-corrected chi connectivity index (χ4v) is 2.49. The van der Waals surface area contributed by atoms with E-state index in [1.807, 2.05) is 54.6 Å². The molecule has 0 amide bonds. The van der Waals surface area contributed by atoms with Gasteiger partial charge in [-0.2, -0.15) is 4.52 Å². The smallest absolute Gasteiger partial charge is 0.246 e. The third kappa shape index (κ3) is 2.62. The standard InChI is InChI=1S/C17H11ClN4O/c18-17-20-19-15-10-11-16(21-22(15)17)23-14-9-5-4-8-13(14)12-6-2-1-3-7-12/h1-11H. The van der Waals surface area contributed by atoms with Gasteiger partial charge in [0.25, 0.3) is 0 Å². The number of hydrogen-bond donors (Lipinski definition) is 0. The van der Waals surface area contributed by atoms with Crippen molar-refractivity contribution >= 4 is 17.2 Å². The average Bonchev–Trinajstić information content (AvgIpc) is 2.97. The quantitative estimate of drug-likeness (QED) is 0.566. The molecular formula is C17H11ClN4O. The molecule has 0 bridgehead atoms. The molecule has 5 nitrogen and oxygen atoms in total. The summed E-state index contributed by atoms with van der Waals surface area (Å²) in [4.78, 5) is 0. The van der Waals surface area contributed by atoms with Crippen LogP contribution in [0.4, 0.5) is 0 Å². The maximum atomic E-state index is 5.95. The van der Waals surface area contributed by atoms with Crippen molar-refractivity contribution in [3.63, 3.8) is 0 Å². The Balaban J connectivity index is 1.75. The lowest BCUT2D eigenvalue weighted by atomic mass is 10.1. The van der Waals surface area contributed by atoms with E-state index in [0.717, 1.165) is 16.9 Å². The Morgan fingerprint density at radius 2 is 1.61 bits per heavy atom. The molecule has 4 aromatic rings. The monoisotopic (exact) mass is 322 g/mol. The first-order valence-corrected chi connectivity index (χ1v) is 7.39. The molecule has 0 saturated heterocycles. The molecule has 2 aromatic heterocycles. The third-order valence-corrected chi connectivity index (χ3v) is 3.62. The Labute approximate surface area is 137 Å². The zero-order valence-corrected chi connectivity index (χ0v) is 12.7. The van der Waals surface area contributed by atoms with Gasteiger partial charge in [-0.15, -0.1) is 15.3 Å². The van der Waals surface area contributed by atoms with E-state index in [1.165, 1.54) is 4.52 Å². The summed E-state index contributed by atoms with van der Waals surface area (Å²) in [7, 11) is 0. The molecule has 6 heteroatoms. The number of nitrogens with zero attached hydrogens (tertiary/aromatic N) is 4. The minimum atomic E-state index is 0.196. The number of hydrogen-bond acceptors (Lipinski definition) is 4. The van der Waals surface area contributed by atoms with Crippen LogP contribution in [0.1, 0.15) is 0 Å². The summed E-state index contributed by atoms with van der Waals surface area (Å²) < 4.78 is 7.38. The van der Waals surface area contributed by atoms with Gasteiger partial charge in [0.1, 0.15) is 5.75 Å². The lowest BCUT2D eigenvalue weighted by molar-refractivity contribution is 0.454. The van der Waals surface area contributed by atoms with Gasteiger partial charge in [0.05, 0.1) is 0 Å². The molecule has 0 saturated carbocycles. The lowest BCUT2D eigenvalue weighted by Gasteiger charge is -2.10. The van der Waals surface area contributed by atoms with Gasteiger partial charge < -0.3 is 4.74 Å². The average molecular weight is 323 g/mol. The van der Waals surface area contributed by atoms with E-state index in [-0.39, 0.29) is 5.28 Å². The van der Waals surface area contributed by atoms with Gasteiger partial charge in [-0.25, -0.2) is 0 Å². The minimum absolute atomic E-state index is 0.196. The van der Waals surface area contributed by atoms with E-state index in [0.29, 0.717) is 11.5 Å². The molecular weight excluding hydrogens is 312 g/mol. The highest BCUT2D eigenvalue weighted by Gasteiger charge is 2.09. The predicted octanol–water partition coefficient (Wildman–Crippen LogP) is 4.24. The van der Waals surface area contributed by atoms with Crippen LogP contribution in [-0.2, 0) is 0 Å². The first kappa shape index (κ1) is 13.7. The Morgan fingerprint density at radius 1 is 0.826 bits per heavy atom. The van der Waals surface area contributed by atoms with Gasteiger partial charge >= 0.3 is 0 Å². The number of fused-ring (bicyclic) bond motifs is 1. The molecule has 2 aromatic carbocycles. The van der Waals surface area contributed by atoms with Crippen molar-refractivity contribution in [2.24, 2.45) is 0 Å². The van der Waals surface area contributed by atoms with Gasteiger partial charge in [0, 0.05) is 11.6 Å². The molecule has 4 rings (SSSR count). The van der Waals surface area contributed by atoms with Crippen LogP contribution in [0.3, 0.4) is 0 Å². The predicted molar refractivity (Wildman–Crippen MR) is 87.7 cm³/mol. The molecule has 0 radical (unpaired) electrons. The van der Waals surface area contributed by atoms with E-state index < -0.39 is 0 Å². The van der Waals surface area contributed by atoms with Crippen molar-refractivity contribution in [3.05, 3.63) is 72.0 Å². The van der Waals surface area contributed by atoms with E-state index in [1.54, 1.807) is 12.1 Å². The second-order valence-corrected chi connectivity index (χ2v) is 5.21. The highest BCUT2D eigenvalue weighted by atomic mass is 35.5. The van der Waals surface area contributed by atoms with Crippen LogP contribution >= 0.6 is 11.6 Å². The fourth-order valence-electron chi connectivity index (χ4n) is 2.32. The summed E-state index contributed by atoms with van der Waals surface area (Å²) in [6, 6.07) is 21.3. The maximum Gasteiger partial charge on any atom is 0.246 e. The van der Waals surface area contributed by atoms with Crippen LogP contribution in [0.2, 0.25) is 5.28 Å². The molecule has 23 heavy (non-hydrogen) atoms. The van der Waals surface area contributed by atoms with Crippen molar-refractivity contribution in [3.8, 4) is 22.8 Å². The Hall–Kier alpha value is -2.92. The summed E-state index contributed by atoms with van der Waals surface area (Å²) in [5.74, 6) is 1.14. The zero-order chi connectivity index (χ0) is 15.6. The normalized spacial score (nSPS) is 10.8. The van der Waals surface area contributed by atoms with Crippen molar-refractivity contribution in [1.82, 2.24) is 19.8 Å². The molecule has 0 N–H and O–H groups in total. The van der Waals surface area contributed by atoms with E-state index in [4.69, 9.17) is 16.3 Å².